The van der Waals surface area contributed by atoms with Gasteiger partial charge in [-0.15, -0.1) is 11.3 Å². The van der Waals surface area contributed by atoms with Gasteiger partial charge in [-0.2, -0.15) is 0 Å². The Morgan fingerprint density at radius 2 is 2.18 bits per heavy atom. The Morgan fingerprint density at radius 1 is 1.41 bits per heavy atom. The van der Waals surface area contributed by atoms with E-state index in [1.807, 2.05) is 6.92 Å². The lowest BCUT2D eigenvalue weighted by atomic mass is 9.93. The minimum atomic E-state index is -0.553. The fourth-order valence-corrected chi connectivity index (χ4v) is 3.91. The van der Waals surface area contributed by atoms with E-state index < -0.39 is 12.1 Å². The standard InChI is InChI=1S/C16H23NO4S/c1-3-5-9-12(19)17-15-13(16(20)21-4-2)10-7-6-8-11(18)14(10)22-15/h11,18H,3-9H2,1-2H3,(H,17,19)/t11-/m0/s1. The Labute approximate surface area is 134 Å². The molecule has 0 unspecified atom stereocenters. The summed E-state index contributed by atoms with van der Waals surface area (Å²) in [5, 5.41) is 13.5. The van der Waals surface area contributed by atoms with E-state index in [0.29, 0.717) is 23.4 Å². The lowest BCUT2D eigenvalue weighted by Crippen LogP contribution is -2.15. The zero-order chi connectivity index (χ0) is 16.1. The van der Waals surface area contributed by atoms with Crippen LogP contribution in [0.4, 0.5) is 5.00 Å². The molecule has 5 nitrogen and oxygen atoms in total. The number of rotatable bonds is 6. The summed E-state index contributed by atoms with van der Waals surface area (Å²) in [4.78, 5) is 25.0. The van der Waals surface area contributed by atoms with Crippen molar-refractivity contribution in [3.05, 3.63) is 16.0 Å². The third-order valence-corrected chi connectivity index (χ3v) is 4.98. The number of aliphatic hydroxyl groups is 1. The molecule has 1 aromatic rings. The molecule has 0 fully saturated rings. The normalized spacial score (nSPS) is 17.0. The number of fused-ring (bicyclic) bond motifs is 1. The topological polar surface area (TPSA) is 75.6 Å². The number of carbonyl (C=O) groups is 2. The first kappa shape index (κ1) is 17.0. The van der Waals surface area contributed by atoms with Gasteiger partial charge in [-0.1, -0.05) is 13.3 Å². The fraction of sp³-hybridized carbons (Fsp3) is 0.625. The van der Waals surface area contributed by atoms with Crippen molar-refractivity contribution in [2.75, 3.05) is 11.9 Å². The highest BCUT2D eigenvalue weighted by atomic mass is 32.1. The monoisotopic (exact) mass is 325 g/mol. The summed E-state index contributed by atoms with van der Waals surface area (Å²) in [5.41, 5.74) is 1.28. The van der Waals surface area contributed by atoms with Crippen LogP contribution in [-0.4, -0.2) is 23.6 Å². The molecule has 0 saturated heterocycles. The average Bonchev–Trinajstić information content (AvgIpc) is 2.85. The second kappa shape index (κ2) is 7.74. The summed E-state index contributed by atoms with van der Waals surface area (Å²) in [6.45, 7) is 4.07. The third kappa shape index (κ3) is 3.67. The quantitative estimate of drug-likeness (QED) is 0.786. The second-order valence-electron chi connectivity index (χ2n) is 5.43. The molecule has 1 atom stereocenters. The van der Waals surface area contributed by atoms with Crippen LogP contribution in [0.5, 0.6) is 0 Å². The van der Waals surface area contributed by atoms with E-state index in [1.54, 1.807) is 6.92 Å². The molecule has 1 heterocycles. The molecule has 1 aliphatic rings. The first-order valence-corrected chi connectivity index (χ1v) is 8.70. The highest BCUT2D eigenvalue weighted by Crippen LogP contribution is 2.42. The number of carbonyl (C=O) groups excluding carboxylic acids is 2. The molecule has 122 valence electrons. The van der Waals surface area contributed by atoms with Crippen molar-refractivity contribution in [2.24, 2.45) is 0 Å². The summed E-state index contributed by atoms with van der Waals surface area (Å²) in [5.74, 6) is -0.514. The van der Waals surface area contributed by atoms with E-state index in [4.69, 9.17) is 4.74 Å². The van der Waals surface area contributed by atoms with Crippen molar-refractivity contribution < 1.29 is 19.4 Å². The minimum absolute atomic E-state index is 0.0968. The van der Waals surface area contributed by atoms with E-state index in [9.17, 15) is 14.7 Å². The van der Waals surface area contributed by atoms with E-state index >= 15 is 0 Å². The van der Waals surface area contributed by atoms with Crippen LogP contribution in [0.15, 0.2) is 0 Å². The average molecular weight is 325 g/mol. The zero-order valence-electron chi connectivity index (χ0n) is 13.1. The molecule has 1 aliphatic carbocycles. The number of hydrogen-bond donors (Lipinski definition) is 2. The van der Waals surface area contributed by atoms with Gasteiger partial charge in [0.25, 0.3) is 0 Å². The van der Waals surface area contributed by atoms with Gasteiger partial charge in [-0.25, -0.2) is 4.79 Å². The van der Waals surface area contributed by atoms with Crippen LogP contribution in [0.3, 0.4) is 0 Å². The number of hydrogen-bond acceptors (Lipinski definition) is 5. The molecular weight excluding hydrogens is 302 g/mol. The summed E-state index contributed by atoms with van der Waals surface area (Å²) in [7, 11) is 0. The number of aliphatic hydroxyl groups excluding tert-OH is 1. The van der Waals surface area contributed by atoms with Crippen LogP contribution in [-0.2, 0) is 16.0 Å². The van der Waals surface area contributed by atoms with Crippen LogP contribution < -0.4 is 5.32 Å². The molecule has 0 aliphatic heterocycles. The number of esters is 1. The molecule has 0 spiro atoms. The van der Waals surface area contributed by atoms with E-state index in [1.165, 1.54) is 11.3 Å². The van der Waals surface area contributed by atoms with Gasteiger partial charge in [-0.3, -0.25) is 4.79 Å². The molecule has 2 rings (SSSR count). The van der Waals surface area contributed by atoms with Gasteiger partial charge in [0.05, 0.1) is 18.3 Å². The number of unbranched alkanes of at least 4 members (excludes halogenated alkanes) is 1. The molecule has 6 heteroatoms. The highest BCUT2D eigenvalue weighted by molar-refractivity contribution is 7.17. The number of anilines is 1. The molecule has 0 bridgehead atoms. The smallest absolute Gasteiger partial charge is 0.341 e. The minimum Gasteiger partial charge on any atom is -0.462 e. The van der Waals surface area contributed by atoms with Crippen LogP contribution in [0, 0.1) is 0 Å². The van der Waals surface area contributed by atoms with Gasteiger partial charge in [0, 0.05) is 11.3 Å². The van der Waals surface area contributed by atoms with Gasteiger partial charge in [0.15, 0.2) is 0 Å². The summed E-state index contributed by atoms with van der Waals surface area (Å²) in [6, 6.07) is 0. The molecule has 0 saturated carbocycles. The van der Waals surface area contributed by atoms with Gasteiger partial charge in [0.1, 0.15) is 5.00 Å². The third-order valence-electron chi connectivity index (χ3n) is 3.74. The molecule has 0 radical (unpaired) electrons. The van der Waals surface area contributed by atoms with Crippen LogP contribution in [0.1, 0.15) is 72.9 Å². The summed E-state index contributed by atoms with van der Waals surface area (Å²) < 4.78 is 5.13. The Hall–Kier alpha value is -1.40. The number of amides is 1. The largest absolute Gasteiger partial charge is 0.462 e. The van der Waals surface area contributed by atoms with Crippen LogP contribution in [0.25, 0.3) is 0 Å². The fourth-order valence-electron chi connectivity index (χ4n) is 2.64. The lowest BCUT2D eigenvalue weighted by Gasteiger charge is -2.17. The van der Waals surface area contributed by atoms with Crippen LogP contribution >= 0.6 is 11.3 Å². The van der Waals surface area contributed by atoms with Gasteiger partial charge in [0.2, 0.25) is 5.91 Å². The highest BCUT2D eigenvalue weighted by Gasteiger charge is 2.30. The molecule has 1 aromatic heterocycles. The van der Waals surface area contributed by atoms with Crippen molar-refractivity contribution in [1.29, 1.82) is 0 Å². The lowest BCUT2D eigenvalue weighted by molar-refractivity contribution is -0.116. The van der Waals surface area contributed by atoms with Crippen molar-refractivity contribution in [2.45, 2.75) is 58.5 Å². The maximum atomic E-state index is 12.3. The van der Waals surface area contributed by atoms with Crippen molar-refractivity contribution >= 4 is 28.2 Å². The van der Waals surface area contributed by atoms with E-state index in [0.717, 1.165) is 36.1 Å². The number of thiophene rings is 1. The van der Waals surface area contributed by atoms with Crippen LogP contribution in [0.2, 0.25) is 0 Å². The Morgan fingerprint density at radius 3 is 2.86 bits per heavy atom. The Kier molecular flexibility index (Phi) is 5.97. The summed E-state index contributed by atoms with van der Waals surface area (Å²) in [6.07, 6.45) is 3.90. The SMILES string of the molecule is CCCCC(=O)Nc1sc2c(c1C(=O)OCC)CCC[C@@H]2O. The first-order valence-electron chi connectivity index (χ1n) is 7.89. The molecule has 1 amide bonds. The van der Waals surface area contributed by atoms with Gasteiger partial charge in [-0.05, 0) is 38.2 Å². The molecule has 22 heavy (non-hydrogen) atoms. The number of ether oxygens (including phenoxy) is 1. The zero-order valence-corrected chi connectivity index (χ0v) is 13.9. The van der Waals surface area contributed by atoms with Crippen molar-refractivity contribution in [3.63, 3.8) is 0 Å². The second-order valence-corrected chi connectivity index (χ2v) is 6.48. The predicted octanol–water partition coefficient (Wildman–Crippen LogP) is 3.42. The Bertz CT molecular complexity index is 553. The molecule has 2 N–H and O–H groups in total. The van der Waals surface area contributed by atoms with Crippen molar-refractivity contribution in [1.82, 2.24) is 0 Å². The van der Waals surface area contributed by atoms with E-state index in [-0.39, 0.29) is 12.5 Å². The van der Waals surface area contributed by atoms with Gasteiger partial charge < -0.3 is 15.2 Å². The van der Waals surface area contributed by atoms with Gasteiger partial charge >= 0.3 is 5.97 Å². The summed E-state index contributed by atoms with van der Waals surface area (Å²) >= 11 is 1.30. The molecular formula is C16H23NO4S. The number of nitrogens with one attached hydrogen (secondary N) is 1. The Balaban J connectivity index is 2.31. The first-order chi connectivity index (χ1) is 10.6. The maximum Gasteiger partial charge on any atom is 0.341 e. The maximum absolute atomic E-state index is 12.3. The van der Waals surface area contributed by atoms with E-state index in [2.05, 4.69) is 5.32 Å². The molecule has 0 aromatic carbocycles. The van der Waals surface area contributed by atoms with Crippen molar-refractivity contribution in [3.8, 4) is 0 Å². The predicted molar refractivity (Wildman–Crippen MR) is 86.3 cm³/mol.